The van der Waals surface area contributed by atoms with Gasteiger partial charge in [0.05, 0.1) is 30.5 Å². The zero-order valence-electron chi connectivity index (χ0n) is 14.0. The van der Waals surface area contributed by atoms with Gasteiger partial charge in [0.2, 0.25) is 5.91 Å². The Hall–Kier alpha value is -1.50. The van der Waals surface area contributed by atoms with Gasteiger partial charge in [0.1, 0.15) is 0 Å². The minimum atomic E-state index is -0.0589. The van der Waals surface area contributed by atoms with Crippen LogP contribution in [0.3, 0.4) is 0 Å². The Labute approximate surface area is 147 Å². The van der Waals surface area contributed by atoms with E-state index in [4.69, 9.17) is 21.1 Å². The number of carbonyl (C=O) groups is 1. The Balaban J connectivity index is 1.59. The van der Waals surface area contributed by atoms with Crippen LogP contribution in [0.1, 0.15) is 13.3 Å². The fraction of sp³-hybridized carbons (Fsp3) is 0.588. The zero-order chi connectivity index (χ0) is 16.9. The highest BCUT2D eigenvalue weighted by molar-refractivity contribution is 6.34. The van der Waals surface area contributed by atoms with Crippen molar-refractivity contribution in [3.8, 4) is 11.5 Å². The number of halogens is 1. The summed E-state index contributed by atoms with van der Waals surface area (Å²) in [5.41, 5.74) is 0.568. The number of fused-ring (bicyclic) bond motifs is 1. The van der Waals surface area contributed by atoms with Crippen molar-refractivity contribution in [2.45, 2.75) is 13.3 Å². The maximum Gasteiger partial charge on any atom is 0.238 e. The number of hydrogen-bond acceptors (Lipinski definition) is 5. The van der Waals surface area contributed by atoms with Gasteiger partial charge in [0, 0.05) is 44.7 Å². The Bertz CT molecular complexity index is 589. The summed E-state index contributed by atoms with van der Waals surface area (Å²) >= 11 is 6.27. The van der Waals surface area contributed by atoms with Crippen molar-refractivity contribution in [3.05, 3.63) is 17.2 Å². The van der Waals surface area contributed by atoms with Gasteiger partial charge in [-0.3, -0.25) is 9.69 Å². The van der Waals surface area contributed by atoms with Crippen LogP contribution in [-0.2, 0) is 4.79 Å². The van der Waals surface area contributed by atoms with Crippen LogP contribution in [0, 0.1) is 0 Å². The molecule has 24 heavy (non-hydrogen) atoms. The SMILES string of the molecule is CCN1CCN(CC(=O)Nc2cc3c(cc2Cl)OCCCO3)CC1. The Kier molecular flexibility index (Phi) is 5.81. The number of carbonyl (C=O) groups excluding carboxylic acids is 1. The number of rotatable bonds is 4. The summed E-state index contributed by atoms with van der Waals surface area (Å²) in [7, 11) is 0. The van der Waals surface area contributed by atoms with E-state index in [9.17, 15) is 4.79 Å². The Morgan fingerprint density at radius 3 is 2.42 bits per heavy atom. The highest BCUT2D eigenvalue weighted by Crippen LogP contribution is 2.37. The summed E-state index contributed by atoms with van der Waals surface area (Å²) in [6.07, 6.45) is 0.831. The van der Waals surface area contributed by atoms with E-state index in [0.29, 0.717) is 42.0 Å². The number of nitrogens with zero attached hydrogens (tertiary/aromatic N) is 2. The lowest BCUT2D eigenvalue weighted by molar-refractivity contribution is -0.117. The summed E-state index contributed by atoms with van der Waals surface area (Å²) in [5, 5.41) is 3.35. The monoisotopic (exact) mass is 353 g/mol. The van der Waals surface area contributed by atoms with Gasteiger partial charge in [-0.1, -0.05) is 18.5 Å². The first-order chi connectivity index (χ1) is 11.7. The number of piperazine rings is 1. The molecule has 0 unspecified atom stereocenters. The topological polar surface area (TPSA) is 54.0 Å². The predicted molar refractivity (Wildman–Crippen MR) is 94.2 cm³/mol. The molecular formula is C17H24ClN3O3. The first kappa shape index (κ1) is 17.3. The van der Waals surface area contributed by atoms with Crippen LogP contribution < -0.4 is 14.8 Å². The van der Waals surface area contributed by atoms with Gasteiger partial charge in [-0.25, -0.2) is 0 Å². The van der Waals surface area contributed by atoms with E-state index in [0.717, 1.165) is 39.1 Å². The van der Waals surface area contributed by atoms with Crippen molar-refractivity contribution in [2.75, 3.05) is 57.8 Å². The molecule has 1 aromatic carbocycles. The molecule has 2 heterocycles. The van der Waals surface area contributed by atoms with E-state index in [1.54, 1.807) is 12.1 Å². The maximum atomic E-state index is 12.3. The minimum Gasteiger partial charge on any atom is -0.490 e. The van der Waals surface area contributed by atoms with E-state index in [-0.39, 0.29) is 5.91 Å². The largest absolute Gasteiger partial charge is 0.490 e. The third-order valence-corrected chi connectivity index (χ3v) is 4.70. The molecule has 1 N–H and O–H groups in total. The minimum absolute atomic E-state index is 0.0589. The molecule has 1 aromatic rings. The number of anilines is 1. The predicted octanol–water partition coefficient (Wildman–Crippen LogP) is 2.08. The molecular weight excluding hydrogens is 330 g/mol. The number of nitrogens with one attached hydrogen (secondary N) is 1. The van der Waals surface area contributed by atoms with Gasteiger partial charge in [0.25, 0.3) is 0 Å². The molecule has 0 atom stereocenters. The lowest BCUT2D eigenvalue weighted by atomic mass is 10.2. The van der Waals surface area contributed by atoms with E-state index < -0.39 is 0 Å². The van der Waals surface area contributed by atoms with Crippen molar-refractivity contribution in [2.24, 2.45) is 0 Å². The summed E-state index contributed by atoms with van der Waals surface area (Å²) in [4.78, 5) is 16.9. The summed E-state index contributed by atoms with van der Waals surface area (Å²) in [6.45, 7) is 8.65. The average molecular weight is 354 g/mol. The zero-order valence-corrected chi connectivity index (χ0v) is 14.8. The van der Waals surface area contributed by atoms with Crippen molar-refractivity contribution in [1.29, 1.82) is 0 Å². The molecule has 7 heteroatoms. The second-order valence-electron chi connectivity index (χ2n) is 6.09. The number of likely N-dealkylation sites (N-methyl/N-ethyl adjacent to an activating group) is 1. The van der Waals surface area contributed by atoms with Crippen molar-refractivity contribution >= 4 is 23.2 Å². The molecule has 0 saturated carbocycles. The fourth-order valence-corrected chi connectivity index (χ4v) is 3.14. The highest BCUT2D eigenvalue weighted by Gasteiger charge is 2.19. The molecule has 0 aliphatic carbocycles. The van der Waals surface area contributed by atoms with E-state index in [1.165, 1.54) is 0 Å². The van der Waals surface area contributed by atoms with Crippen molar-refractivity contribution in [3.63, 3.8) is 0 Å². The van der Waals surface area contributed by atoms with Gasteiger partial charge in [0.15, 0.2) is 11.5 Å². The Morgan fingerprint density at radius 1 is 1.12 bits per heavy atom. The van der Waals surface area contributed by atoms with Crippen LogP contribution in [0.25, 0.3) is 0 Å². The number of hydrogen-bond donors (Lipinski definition) is 1. The molecule has 1 saturated heterocycles. The molecule has 3 rings (SSSR count). The number of benzene rings is 1. The molecule has 0 radical (unpaired) electrons. The summed E-state index contributed by atoms with van der Waals surface area (Å²) < 4.78 is 11.2. The quantitative estimate of drug-likeness (QED) is 0.898. The molecule has 2 aliphatic rings. The van der Waals surface area contributed by atoms with Crippen LogP contribution in [0.4, 0.5) is 5.69 Å². The first-order valence-corrected chi connectivity index (χ1v) is 8.87. The van der Waals surface area contributed by atoms with Crippen LogP contribution in [0.15, 0.2) is 12.1 Å². The lowest BCUT2D eigenvalue weighted by Crippen LogP contribution is -2.48. The van der Waals surface area contributed by atoms with E-state index in [2.05, 4.69) is 22.0 Å². The van der Waals surface area contributed by atoms with Crippen LogP contribution >= 0.6 is 11.6 Å². The number of ether oxygens (including phenoxy) is 2. The summed E-state index contributed by atoms with van der Waals surface area (Å²) in [6, 6.07) is 3.45. The van der Waals surface area contributed by atoms with Gasteiger partial charge >= 0.3 is 0 Å². The molecule has 1 fully saturated rings. The average Bonchev–Trinajstić information content (AvgIpc) is 2.81. The summed E-state index contributed by atoms with van der Waals surface area (Å²) in [5.74, 6) is 1.20. The molecule has 132 valence electrons. The van der Waals surface area contributed by atoms with E-state index in [1.807, 2.05) is 0 Å². The van der Waals surface area contributed by atoms with Crippen LogP contribution in [-0.4, -0.2) is 68.2 Å². The lowest BCUT2D eigenvalue weighted by Gasteiger charge is -2.33. The molecule has 0 bridgehead atoms. The van der Waals surface area contributed by atoms with Gasteiger partial charge in [-0.2, -0.15) is 0 Å². The molecule has 0 spiro atoms. The first-order valence-electron chi connectivity index (χ1n) is 8.49. The second-order valence-corrected chi connectivity index (χ2v) is 6.50. The van der Waals surface area contributed by atoms with Gasteiger partial charge < -0.3 is 19.7 Å². The highest BCUT2D eigenvalue weighted by atomic mass is 35.5. The smallest absolute Gasteiger partial charge is 0.238 e. The third-order valence-electron chi connectivity index (χ3n) is 4.39. The van der Waals surface area contributed by atoms with Gasteiger partial charge in [-0.05, 0) is 6.54 Å². The maximum absolute atomic E-state index is 12.3. The normalized spacial score (nSPS) is 18.9. The number of amides is 1. The van der Waals surface area contributed by atoms with Crippen LogP contribution in [0.2, 0.25) is 5.02 Å². The fourth-order valence-electron chi connectivity index (χ4n) is 2.94. The van der Waals surface area contributed by atoms with Gasteiger partial charge in [-0.15, -0.1) is 0 Å². The van der Waals surface area contributed by atoms with E-state index >= 15 is 0 Å². The second kappa shape index (κ2) is 8.05. The molecule has 6 nitrogen and oxygen atoms in total. The van der Waals surface area contributed by atoms with Crippen molar-refractivity contribution in [1.82, 2.24) is 9.80 Å². The Morgan fingerprint density at radius 2 is 1.75 bits per heavy atom. The third kappa shape index (κ3) is 4.32. The van der Waals surface area contributed by atoms with Crippen LogP contribution in [0.5, 0.6) is 11.5 Å². The molecule has 2 aliphatic heterocycles. The molecule has 1 amide bonds. The van der Waals surface area contributed by atoms with Crippen molar-refractivity contribution < 1.29 is 14.3 Å². The molecule has 0 aromatic heterocycles. The standard InChI is InChI=1S/C17H24ClN3O3/c1-2-20-4-6-21(7-5-20)12-17(22)19-14-11-16-15(10-13(14)18)23-8-3-9-24-16/h10-11H,2-9,12H2,1H3,(H,19,22).